The Balaban J connectivity index is 1.32. The van der Waals surface area contributed by atoms with Crippen LogP contribution < -0.4 is 10.6 Å². The van der Waals surface area contributed by atoms with Crippen molar-refractivity contribution in [3.05, 3.63) is 94.0 Å². The summed E-state index contributed by atoms with van der Waals surface area (Å²) in [6.45, 7) is 0. The van der Waals surface area contributed by atoms with Crippen molar-refractivity contribution in [1.29, 1.82) is 0 Å². The van der Waals surface area contributed by atoms with E-state index < -0.39 is 5.97 Å². The van der Waals surface area contributed by atoms with E-state index in [0.717, 1.165) is 5.69 Å². The molecule has 5 nitrogen and oxygen atoms in total. The summed E-state index contributed by atoms with van der Waals surface area (Å²) in [5.41, 5.74) is 5.01. The second kappa shape index (κ2) is 8.72. The van der Waals surface area contributed by atoms with E-state index in [4.69, 9.17) is 16.3 Å². The molecule has 3 aromatic rings. The topological polar surface area (TPSA) is 67.4 Å². The van der Waals surface area contributed by atoms with Crippen molar-refractivity contribution in [3.8, 4) is 0 Å². The quantitative estimate of drug-likeness (QED) is 0.404. The molecule has 6 rings (SSSR count). The van der Waals surface area contributed by atoms with Crippen LogP contribution in [-0.2, 0) is 4.74 Å². The maximum Gasteiger partial charge on any atom is 0.337 e. The Morgan fingerprint density at radius 2 is 1.74 bits per heavy atom. The summed E-state index contributed by atoms with van der Waals surface area (Å²) in [7, 11) is 1.32. The third kappa shape index (κ3) is 3.79. The van der Waals surface area contributed by atoms with Crippen LogP contribution in [0.5, 0.6) is 0 Å². The van der Waals surface area contributed by atoms with Crippen molar-refractivity contribution in [2.75, 3.05) is 17.7 Å². The summed E-state index contributed by atoms with van der Waals surface area (Å²) in [5, 5.41) is 7.06. The summed E-state index contributed by atoms with van der Waals surface area (Å²) in [6.07, 6.45) is 3.83. The number of ether oxygens (including phenoxy) is 1. The molecule has 2 saturated carbocycles. The molecule has 2 N–H and O–H groups in total. The van der Waals surface area contributed by atoms with Crippen LogP contribution in [0.4, 0.5) is 11.4 Å². The SMILES string of the molecule is COC(=O)c1ccc(Cl)c(NC(=O)c2ccc3c(c2)[C@@H]2[C@H]4CC[C@@H](C4)[C@H]2[C@@H](c2ccccc2)N3)c1. The first-order chi connectivity index (χ1) is 17.0. The van der Waals surface area contributed by atoms with Gasteiger partial charge in [-0.1, -0.05) is 41.9 Å². The van der Waals surface area contributed by atoms with Gasteiger partial charge in [-0.3, -0.25) is 4.79 Å². The van der Waals surface area contributed by atoms with Crippen LogP contribution in [0, 0.1) is 17.8 Å². The Kier molecular flexibility index (Phi) is 5.53. The maximum atomic E-state index is 13.2. The Labute approximate surface area is 209 Å². The van der Waals surface area contributed by atoms with Gasteiger partial charge in [-0.05, 0) is 90.5 Å². The highest BCUT2D eigenvalue weighted by Gasteiger charge is 2.53. The van der Waals surface area contributed by atoms with Gasteiger partial charge < -0.3 is 15.4 Å². The molecule has 35 heavy (non-hydrogen) atoms. The Morgan fingerprint density at radius 3 is 2.54 bits per heavy atom. The molecule has 6 heteroatoms. The van der Waals surface area contributed by atoms with Crippen molar-refractivity contribution >= 4 is 34.9 Å². The van der Waals surface area contributed by atoms with E-state index in [2.05, 4.69) is 47.0 Å². The number of esters is 1. The van der Waals surface area contributed by atoms with Crippen LogP contribution in [0.3, 0.4) is 0 Å². The summed E-state index contributed by atoms with van der Waals surface area (Å²) in [6, 6.07) is 21.7. The molecule has 2 fully saturated rings. The molecule has 1 aliphatic heterocycles. The molecular weight excluding hydrogens is 460 g/mol. The van der Waals surface area contributed by atoms with Crippen molar-refractivity contribution < 1.29 is 14.3 Å². The Hall–Kier alpha value is -3.31. The molecule has 1 heterocycles. The molecule has 2 aliphatic carbocycles. The molecule has 5 atom stereocenters. The molecule has 0 aromatic heterocycles. The molecule has 0 radical (unpaired) electrons. The molecule has 0 spiro atoms. The fraction of sp³-hybridized carbons (Fsp3) is 0.310. The van der Waals surface area contributed by atoms with Crippen molar-refractivity contribution in [2.24, 2.45) is 17.8 Å². The number of hydrogen-bond donors (Lipinski definition) is 2. The van der Waals surface area contributed by atoms with E-state index in [1.54, 1.807) is 18.2 Å². The lowest BCUT2D eigenvalue weighted by Crippen LogP contribution is -2.35. The van der Waals surface area contributed by atoms with Crippen molar-refractivity contribution in [3.63, 3.8) is 0 Å². The number of amides is 1. The highest BCUT2D eigenvalue weighted by molar-refractivity contribution is 6.34. The molecule has 3 aromatic carbocycles. The monoisotopic (exact) mass is 486 g/mol. The highest BCUT2D eigenvalue weighted by Crippen LogP contribution is 2.63. The lowest BCUT2D eigenvalue weighted by molar-refractivity contribution is 0.0600. The maximum absolute atomic E-state index is 13.2. The van der Waals surface area contributed by atoms with Crippen LogP contribution in [0.15, 0.2) is 66.7 Å². The van der Waals surface area contributed by atoms with E-state index in [9.17, 15) is 9.59 Å². The minimum Gasteiger partial charge on any atom is -0.465 e. The van der Waals surface area contributed by atoms with Gasteiger partial charge in [0.15, 0.2) is 0 Å². The second-order valence-electron chi connectivity index (χ2n) is 9.91. The van der Waals surface area contributed by atoms with E-state index in [0.29, 0.717) is 51.6 Å². The Bertz CT molecular complexity index is 1310. The molecule has 178 valence electrons. The lowest BCUT2D eigenvalue weighted by atomic mass is 9.68. The number of rotatable bonds is 4. The van der Waals surface area contributed by atoms with E-state index >= 15 is 0 Å². The number of anilines is 2. The number of carbonyl (C=O) groups excluding carboxylic acids is 2. The van der Waals surface area contributed by atoms with Crippen molar-refractivity contribution in [2.45, 2.75) is 31.2 Å². The number of nitrogens with one attached hydrogen (secondary N) is 2. The lowest BCUT2D eigenvalue weighted by Gasteiger charge is -2.43. The summed E-state index contributed by atoms with van der Waals surface area (Å²) >= 11 is 6.30. The normalized spacial score (nSPS) is 25.8. The average Bonchev–Trinajstić information content (AvgIpc) is 3.52. The van der Waals surface area contributed by atoms with E-state index in [-0.39, 0.29) is 5.91 Å². The molecule has 3 aliphatic rings. The summed E-state index contributed by atoms with van der Waals surface area (Å²) in [5.74, 6) is 1.64. The fourth-order valence-electron chi connectivity index (χ4n) is 6.68. The molecule has 1 amide bonds. The number of benzene rings is 3. The second-order valence-corrected chi connectivity index (χ2v) is 10.3. The predicted molar refractivity (Wildman–Crippen MR) is 137 cm³/mol. The van der Waals surface area contributed by atoms with Gasteiger partial charge in [0, 0.05) is 11.3 Å². The molecular formula is C29H27ClN2O3. The van der Waals surface area contributed by atoms with Gasteiger partial charge in [-0.2, -0.15) is 0 Å². The zero-order chi connectivity index (χ0) is 24.1. The zero-order valence-corrected chi connectivity index (χ0v) is 20.2. The van der Waals surface area contributed by atoms with Gasteiger partial charge in [0.05, 0.1) is 29.4 Å². The number of halogens is 1. The number of fused-ring (bicyclic) bond motifs is 7. The Morgan fingerprint density at radius 1 is 0.971 bits per heavy atom. The van der Waals surface area contributed by atoms with Gasteiger partial charge in [0.1, 0.15) is 0 Å². The third-order valence-corrected chi connectivity index (χ3v) is 8.47. The van der Waals surface area contributed by atoms with Crippen LogP contribution >= 0.6 is 11.6 Å². The first-order valence-electron chi connectivity index (χ1n) is 12.2. The van der Waals surface area contributed by atoms with Gasteiger partial charge in [0.2, 0.25) is 0 Å². The number of carbonyl (C=O) groups is 2. The fourth-order valence-corrected chi connectivity index (χ4v) is 6.84. The molecule has 0 saturated heterocycles. The average molecular weight is 487 g/mol. The van der Waals surface area contributed by atoms with E-state index in [1.807, 2.05) is 12.1 Å². The van der Waals surface area contributed by atoms with Gasteiger partial charge in [0.25, 0.3) is 5.91 Å². The number of methoxy groups -OCH3 is 1. The highest BCUT2D eigenvalue weighted by atomic mass is 35.5. The van der Waals surface area contributed by atoms with Crippen LogP contribution in [0.25, 0.3) is 0 Å². The van der Waals surface area contributed by atoms with Gasteiger partial charge in [-0.25, -0.2) is 4.79 Å². The third-order valence-electron chi connectivity index (χ3n) is 8.14. The van der Waals surface area contributed by atoms with Crippen LogP contribution in [0.1, 0.15) is 63.1 Å². The minimum absolute atomic E-state index is 0.249. The van der Waals surface area contributed by atoms with Crippen LogP contribution in [-0.4, -0.2) is 19.0 Å². The predicted octanol–water partition coefficient (Wildman–Crippen LogP) is 6.68. The first-order valence-corrected chi connectivity index (χ1v) is 12.6. The summed E-state index contributed by atoms with van der Waals surface area (Å²) < 4.78 is 4.79. The minimum atomic E-state index is -0.479. The number of hydrogen-bond acceptors (Lipinski definition) is 4. The van der Waals surface area contributed by atoms with E-state index in [1.165, 1.54) is 37.5 Å². The van der Waals surface area contributed by atoms with Crippen LogP contribution in [0.2, 0.25) is 5.02 Å². The molecule has 2 bridgehead atoms. The standard InChI is InChI=1S/C29H27ClN2O3/c1-35-29(34)20-9-11-22(30)24(15-20)32-28(33)19-10-12-23-21(14-19)25-17-7-8-18(13-17)26(25)27(31-23)16-5-3-2-4-6-16/h2-6,9-12,14-15,17-18,25-27,31H,7-8,13H2,1H3,(H,32,33)/t17-,18-,25-,26+,27+/m0/s1. The molecule has 0 unspecified atom stereocenters. The zero-order valence-electron chi connectivity index (χ0n) is 19.5. The smallest absolute Gasteiger partial charge is 0.337 e. The summed E-state index contributed by atoms with van der Waals surface area (Å²) in [4.78, 5) is 25.1. The largest absolute Gasteiger partial charge is 0.465 e. The van der Waals surface area contributed by atoms with Gasteiger partial charge in [-0.15, -0.1) is 0 Å². The first kappa shape index (κ1) is 22.2. The van der Waals surface area contributed by atoms with Crippen molar-refractivity contribution in [1.82, 2.24) is 0 Å². The van der Waals surface area contributed by atoms with Gasteiger partial charge >= 0.3 is 5.97 Å².